The Bertz CT molecular complexity index is 1930. The molecule has 0 saturated heterocycles. The smallest absolute Gasteiger partial charge is 0.224 e. The van der Waals surface area contributed by atoms with Crippen molar-refractivity contribution in [3.63, 3.8) is 0 Å². The summed E-state index contributed by atoms with van der Waals surface area (Å²) in [5.74, 6) is -2.17. The first-order valence-electron chi connectivity index (χ1n) is 13.3. The van der Waals surface area contributed by atoms with Crippen molar-refractivity contribution in [2.24, 2.45) is 5.73 Å². The molecule has 0 spiro atoms. The average Bonchev–Trinajstić information content (AvgIpc) is 2.98. The number of aryl methyl sites for hydroxylation is 1. The van der Waals surface area contributed by atoms with Crippen LogP contribution in [0.5, 0.6) is 11.6 Å². The summed E-state index contributed by atoms with van der Waals surface area (Å²) in [6, 6.07) is 21.2. The van der Waals surface area contributed by atoms with Gasteiger partial charge in [-0.3, -0.25) is 9.69 Å². The molecule has 1 aliphatic carbocycles. The van der Waals surface area contributed by atoms with E-state index in [0.717, 1.165) is 29.1 Å². The molecule has 3 aromatic carbocycles. The molecular formula is C33H23F2N5O2. The monoisotopic (exact) mass is 559 g/mol. The maximum Gasteiger partial charge on any atom is 0.224 e. The van der Waals surface area contributed by atoms with E-state index in [2.05, 4.69) is 12.1 Å². The highest BCUT2D eigenvalue weighted by Gasteiger charge is 2.42. The second kappa shape index (κ2) is 10.5. The summed E-state index contributed by atoms with van der Waals surface area (Å²) in [4.78, 5) is 19.7. The fourth-order valence-electron chi connectivity index (χ4n) is 5.62. The fourth-order valence-corrected chi connectivity index (χ4v) is 5.62. The van der Waals surface area contributed by atoms with Gasteiger partial charge in [0.05, 0.1) is 40.4 Å². The van der Waals surface area contributed by atoms with Crippen molar-refractivity contribution in [1.82, 2.24) is 4.98 Å². The van der Waals surface area contributed by atoms with E-state index in [1.54, 1.807) is 24.3 Å². The molecule has 1 unspecified atom stereocenters. The number of carbonyl (C=O) groups excluding carboxylic acids is 1. The predicted octanol–water partition coefficient (Wildman–Crippen LogP) is 6.79. The molecule has 9 heteroatoms. The average molecular weight is 560 g/mol. The number of pyridine rings is 1. The van der Waals surface area contributed by atoms with Crippen LogP contribution in [0.25, 0.3) is 10.9 Å². The van der Waals surface area contributed by atoms with Gasteiger partial charge < -0.3 is 10.5 Å². The van der Waals surface area contributed by atoms with Crippen LogP contribution in [-0.4, -0.2) is 10.8 Å². The number of halogens is 2. The number of nitriles is 2. The lowest BCUT2D eigenvalue weighted by atomic mass is 9.75. The zero-order valence-electron chi connectivity index (χ0n) is 22.5. The van der Waals surface area contributed by atoms with E-state index in [1.807, 2.05) is 31.2 Å². The summed E-state index contributed by atoms with van der Waals surface area (Å²) in [6.45, 7) is 1.94. The van der Waals surface area contributed by atoms with Gasteiger partial charge in [-0.2, -0.15) is 10.5 Å². The van der Waals surface area contributed by atoms with Crippen molar-refractivity contribution >= 4 is 22.4 Å². The van der Waals surface area contributed by atoms with Gasteiger partial charge in [0.25, 0.3) is 0 Å². The summed E-state index contributed by atoms with van der Waals surface area (Å²) in [6.07, 6.45) is 1.06. The molecule has 0 fully saturated rings. The number of anilines is 1. The molecule has 2 N–H and O–H groups in total. The molecule has 4 aromatic rings. The zero-order valence-corrected chi connectivity index (χ0v) is 22.5. The van der Waals surface area contributed by atoms with Crippen LogP contribution in [0.3, 0.4) is 0 Å². The van der Waals surface area contributed by atoms with Gasteiger partial charge in [-0.05, 0) is 74.4 Å². The van der Waals surface area contributed by atoms with Crippen LogP contribution in [0, 0.1) is 41.2 Å². The molecule has 206 valence electrons. The second-order valence-electron chi connectivity index (χ2n) is 10.2. The second-order valence-corrected chi connectivity index (χ2v) is 10.2. The fraction of sp³-hybridized carbons (Fsp3) is 0.152. The van der Waals surface area contributed by atoms with Gasteiger partial charge in [0.2, 0.25) is 5.88 Å². The molecule has 1 atom stereocenters. The Morgan fingerprint density at radius 1 is 1.00 bits per heavy atom. The summed E-state index contributed by atoms with van der Waals surface area (Å²) in [7, 11) is 0. The highest BCUT2D eigenvalue weighted by atomic mass is 19.1. The summed E-state index contributed by atoms with van der Waals surface area (Å²) < 4.78 is 35.6. The minimum atomic E-state index is -0.962. The minimum Gasteiger partial charge on any atom is -0.439 e. The molecule has 1 aliphatic heterocycles. The minimum absolute atomic E-state index is 0.00820. The number of rotatable bonds is 4. The van der Waals surface area contributed by atoms with Gasteiger partial charge in [0.1, 0.15) is 23.2 Å². The number of hydrogen-bond acceptors (Lipinski definition) is 7. The molecule has 0 radical (unpaired) electrons. The van der Waals surface area contributed by atoms with Crippen LogP contribution in [-0.2, 0) is 4.79 Å². The van der Waals surface area contributed by atoms with Gasteiger partial charge >= 0.3 is 0 Å². The van der Waals surface area contributed by atoms with Crippen LogP contribution < -0.4 is 15.4 Å². The van der Waals surface area contributed by atoms with E-state index < -0.39 is 17.6 Å². The Morgan fingerprint density at radius 3 is 2.52 bits per heavy atom. The van der Waals surface area contributed by atoms with Crippen molar-refractivity contribution in [1.29, 1.82) is 10.5 Å². The van der Waals surface area contributed by atoms with Gasteiger partial charge in [-0.1, -0.05) is 11.6 Å². The normalized spacial score (nSPS) is 16.7. The standard InChI is InChI=1S/C33H23F2N5O2/c1-18-5-12-26-20(13-18)14-23(33(39-26)42-22-9-6-19(16-36)7-10-22)30-24(17-37)32(38)40(27-3-2-4-29(41)31(27)30)28-15-21(34)8-11-25(28)35/h5-15,30H,2-4,38H2,1H3. The van der Waals surface area contributed by atoms with Crippen molar-refractivity contribution in [3.8, 4) is 23.8 Å². The topological polar surface area (TPSA) is 116 Å². The Hall–Kier alpha value is -5.54. The van der Waals surface area contributed by atoms with E-state index in [-0.39, 0.29) is 40.7 Å². The van der Waals surface area contributed by atoms with E-state index in [9.17, 15) is 19.7 Å². The van der Waals surface area contributed by atoms with Crippen molar-refractivity contribution < 1.29 is 18.3 Å². The lowest BCUT2D eigenvalue weighted by Crippen LogP contribution is -2.39. The lowest BCUT2D eigenvalue weighted by Gasteiger charge is -2.39. The quantitative estimate of drug-likeness (QED) is 0.293. The summed E-state index contributed by atoms with van der Waals surface area (Å²) in [5, 5.41) is 20.4. The van der Waals surface area contributed by atoms with Gasteiger partial charge in [-0.25, -0.2) is 13.8 Å². The third-order valence-corrected chi connectivity index (χ3v) is 7.53. The number of ether oxygens (including phenoxy) is 1. The van der Waals surface area contributed by atoms with E-state index in [1.165, 1.54) is 4.90 Å². The molecule has 2 aliphatic rings. The first kappa shape index (κ1) is 26.7. The largest absolute Gasteiger partial charge is 0.439 e. The summed E-state index contributed by atoms with van der Waals surface area (Å²) in [5.41, 5.74) is 9.58. The number of aromatic nitrogens is 1. The molecule has 6 rings (SSSR count). The van der Waals surface area contributed by atoms with Crippen molar-refractivity contribution in [3.05, 3.63) is 118 Å². The first-order valence-corrected chi connectivity index (χ1v) is 13.3. The number of carbonyl (C=O) groups is 1. The lowest BCUT2D eigenvalue weighted by molar-refractivity contribution is -0.116. The molecular weight excluding hydrogens is 536 g/mol. The summed E-state index contributed by atoms with van der Waals surface area (Å²) >= 11 is 0. The van der Waals surface area contributed by atoms with Crippen LogP contribution in [0.4, 0.5) is 14.5 Å². The van der Waals surface area contributed by atoms with Crippen LogP contribution >= 0.6 is 0 Å². The Morgan fingerprint density at radius 2 is 1.79 bits per heavy atom. The molecule has 0 bridgehead atoms. The van der Waals surface area contributed by atoms with Crippen molar-refractivity contribution in [2.75, 3.05) is 4.90 Å². The maximum absolute atomic E-state index is 15.1. The SMILES string of the molecule is Cc1ccc2nc(Oc3ccc(C#N)cc3)c(C3C(C#N)=C(N)N(c4cc(F)ccc4F)C4=C3C(=O)CCC4)cc2c1. The molecule has 7 nitrogen and oxygen atoms in total. The number of hydrogen-bond donors (Lipinski definition) is 1. The number of Topliss-reactive ketones (excluding diaryl/α,β-unsaturated/α-hetero) is 1. The van der Waals surface area contributed by atoms with Gasteiger partial charge in [-0.15, -0.1) is 0 Å². The Balaban J connectivity index is 1.61. The van der Waals surface area contributed by atoms with Crippen LogP contribution in [0.15, 0.2) is 89.4 Å². The number of allylic oxidation sites excluding steroid dienone is 3. The molecule has 42 heavy (non-hydrogen) atoms. The number of ketones is 1. The number of nitrogens with zero attached hydrogens (tertiary/aromatic N) is 4. The molecule has 0 saturated carbocycles. The van der Waals surface area contributed by atoms with E-state index in [4.69, 9.17) is 15.5 Å². The highest BCUT2D eigenvalue weighted by molar-refractivity contribution is 6.01. The Labute approximate surface area is 240 Å². The van der Waals surface area contributed by atoms with Crippen LogP contribution in [0.2, 0.25) is 0 Å². The number of benzene rings is 3. The molecule has 0 amide bonds. The van der Waals surface area contributed by atoms with Crippen LogP contribution in [0.1, 0.15) is 41.9 Å². The zero-order chi connectivity index (χ0) is 29.5. The number of nitrogens with two attached hydrogens (primary N) is 1. The molecule has 1 aromatic heterocycles. The van der Waals surface area contributed by atoms with E-state index in [0.29, 0.717) is 40.9 Å². The Kier molecular flexibility index (Phi) is 6.64. The van der Waals surface area contributed by atoms with E-state index >= 15 is 4.39 Å². The maximum atomic E-state index is 15.1. The third kappa shape index (κ3) is 4.51. The van der Waals surface area contributed by atoms with Gasteiger partial charge in [0, 0.05) is 34.7 Å². The third-order valence-electron chi connectivity index (χ3n) is 7.53. The number of fused-ring (bicyclic) bond motifs is 1. The first-order chi connectivity index (χ1) is 20.3. The highest BCUT2D eigenvalue weighted by Crippen LogP contribution is 2.49. The predicted molar refractivity (Wildman–Crippen MR) is 152 cm³/mol. The van der Waals surface area contributed by atoms with Crippen molar-refractivity contribution in [2.45, 2.75) is 32.1 Å². The van der Waals surface area contributed by atoms with Gasteiger partial charge in [0.15, 0.2) is 5.78 Å². The molecule has 2 heterocycles.